The highest BCUT2D eigenvalue weighted by Crippen LogP contribution is 2.24. The van der Waals surface area contributed by atoms with Crippen LogP contribution in [0.25, 0.3) is 0 Å². The number of ether oxygens (including phenoxy) is 1. The first-order chi connectivity index (χ1) is 7.43. The fourth-order valence-electron chi connectivity index (χ4n) is 1.07. The monoisotopic (exact) mass is 262 g/mol. The summed E-state index contributed by atoms with van der Waals surface area (Å²) in [5.41, 5.74) is 1.23. The SMILES string of the molecule is C=C(Cl)/C=C(Cl)\C(C(=O)OCC)=C(\C)CC. The molecule has 0 saturated carbocycles. The number of carbonyl (C=O) groups is 1. The highest BCUT2D eigenvalue weighted by atomic mass is 35.5. The van der Waals surface area contributed by atoms with Crippen LogP contribution >= 0.6 is 23.2 Å². The molecule has 4 heteroatoms. The number of esters is 1. The summed E-state index contributed by atoms with van der Waals surface area (Å²) >= 11 is 11.6. The third-order valence-electron chi connectivity index (χ3n) is 1.96. The Morgan fingerprint density at radius 2 is 1.94 bits per heavy atom. The van der Waals surface area contributed by atoms with E-state index in [1.54, 1.807) is 6.92 Å². The van der Waals surface area contributed by atoms with Crippen LogP contribution in [0.4, 0.5) is 0 Å². The summed E-state index contributed by atoms with van der Waals surface area (Å²) in [4.78, 5) is 11.7. The Morgan fingerprint density at radius 3 is 2.31 bits per heavy atom. The van der Waals surface area contributed by atoms with Gasteiger partial charge in [0, 0.05) is 5.03 Å². The third kappa shape index (κ3) is 4.86. The molecule has 0 heterocycles. The molecular weight excluding hydrogens is 247 g/mol. The Bertz CT molecular complexity index is 341. The van der Waals surface area contributed by atoms with Crippen LogP contribution in [0.3, 0.4) is 0 Å². The van der Waals surface area contributed by atoms with Gasteiger partial charge < -0.3 is 4.74 Å². The lowest BCUT2D eigenvalue weighted by Crippen LogP contribution is -2.10. The molecule has 0 aromatic carbocycles. The zero-order valence-electron chi connectivity index (χ0n) is 9.77. The van der Waals surface area contributed by atoms with Gasteiger partial charge in [-0.25, -0.2) is 4.79 Å². The zero-order valence-corrected chi connectivity index (χ0v) is 11.3. The molecule has 0 fully saturated rings. The van der Waals surface area contributed by atoms with Gasteiger partial charge in [0.1, 0.15) is 0 Å². The van der Waals surface area contributed by atoms with Crippen molar-refractivity contribution in [3.63, 3.8) is 0 Å². The molecule has 0 aromatic rings. The normalized spacial score (nSPS) is 13.2. The van der Waals surface area contributed by atoms with Crippen molar-refractivity contribution < 1.29 is 9.53 Å². The summed E-state index contributed by atoms with van der Waals surface area (Å²) in [6.07, 6.45) is 2.15. The molecule has 0 spiro atoms. The standard InChI is InChI=1S/C12H16Cl2O2/c1-5-8(3)11(12(15)16-6-2)10(14)7-9(4)13/h7H,4-6H2,1-3H3/b10-7+,11-8+. The van der Waals surface area contributed by atoms with Gasteiger partial charge >= 0.3 is 5.97 Å². The lowest BCUT2D eigenvalue weighted by molar-refractivity contribution is -0.138. The average Bonchev–Trinajstić information content (AvgIpc) is 2.16. The molecule has 90 valence electrons. The van der Waals surface area contributed by atoms with Gasteiger partial charge in [0.25, 0.3) is 0 Å². The summed E-state index contributed by atoms with van der Waals surface area (Å²) < 4.78 is 4.93. The van der Waals surface area contributed by atoms with Gasteiger partial charge in [0.05, 0.1) is 17.2 Å². The number of allylic oxidation sites excluding steroid dienone is 3. The Labute approximate surface area is 107 Å². The van der Waals surface area contributed by atoms with E-state index in [1.165, 1.54) is 6.08 Å². The number of rotatable bonds is 5. The molecule has 0 radical (unpaired) electrons. The van der Waals surface area contributed by atoms with E-state index >= 15 is 0 Å². The van der Waals surface area contributed by atoms with Crippen molar-refractivity contribution in [2.45, 2.75) is 27.2 Å². The first-order valence-electron chi connectivity index (χ1n) is 5.02. The Morgan fingerprint density at radius 1 is 1.38 bits per heavy atom. The smallest absolute Gasteiger partial charge is 0.339 e. The van der Waals surface area contributed by atoms with E-state index in [0.29, 0.717) is 18.6 Å². The van der Waals surface area contributed by atoms with Crippen molar-refractivity contribution in [3.05, 3.63) is 33.9 Å². The molecule has 2 nitrogen and oxygen atoms in total. The third-order valence-corrected chi connectivity index (χ3v) is 2.37. The highest BCUT2D eigenvalue weighted by Gasteiger charge is 2.16. The summed E-state index contributed by atoms with van der Waals surface area (Å²) in [5, 5.41) is 0.536. The fraction of sp³-hybridized carbons (Fsp3) is 0.417. The van der Waals surface area contributed by atoms with Crippen LogP contribution in [-0.2, 0) is 9.53 Å². The van der Waals surface area contributed by atoms with Crippen LogP contribution in [0.2, 0.25) is 0 Å². The average molecular weight is 263 g/mol. The summed E-state index contributed by atoms with van der Waals surface area (Å²) in [6.45, 7) is 9.33. The van der Waals surface area contributed by atoms with Crippen molar-refractivity contribution >= 4 is 29.2 Å². The number of hydrogen-bond donors (Lipinski definition) is 0. The number of hydrogen-bond acceptors (Lipinski definition) is 2. The molecule has 0 atom stereocenters. The largest absolute Gasteiger partial charge is 0.462 e. The predicted octanol–water partition coefficient (Wildman–Crippen LogP) is 4.15. The van der Waals surface area contributed by atoms with E-state index in [-0.39, 0.29) is 10.1 Å². The topological polar surface area (TPSA) is 26.3 Å². The molecule has 0 unspecified atom stereocenters. The van der Waals surface area contributed by atoms with Gasteiger partial charge in [-0.15, -0.1) is 0 Å². The molecule has 0 amide bonds. The van der Waals surface area contributed by atoms with Gasteiger partial charge in [-0.2, -0.15) is 0 Å². The lowest BCUT2D eigenvalue weighted by Gasteiger charge is -2.09. The molecule has 0 aliphatic carbocycles. The molecule has 0 aromatic heterocycles. The summed E-state index contributed by atoms with van der Waals surface area (Å²) in [5.74, 6) is -0.430. The second kappa shape index (κ2) is 7.53. The van der Waals surface area contributed by atoms with E-state index in [0.717, 1.165) is 5.57 Å². The summed E-state index contributed by atoms with van der Waals surface area (Å²) in [7, 11) is 0. The first-order valence-corrected chi connectivity index (χ1v) is 5.78. The van der Waals surface area contributed by atoms with Crippen LogP contribution in [-0.4, -0.2) is 12.6 Å². The second-order valence-electron chi connectivity index (χ2n) is 3.17. The molecule has 0 bridgehead atoms. The van der Waals surface area contributed by atoms with Crippen molar-refractivity contribution in [1.82, 2.24) is 0 Å². The highest BCUT2D eigenvalue weighted by molar-refractivity contribution is 6.37. The minimum Gasteiger partial charge on any atom is -0.462 e. The molecule has 0 N–H and O–H groups in total. The molecule has 0 aliphatic rings. The maximum atomic E-state index is 11.7. The van der Waals surface area contributed by atoms with Crippen molar-refractivity contribution in [1.29, 1.82) is 0 Å². The van der Waals surface area contributed by atoms with Crippen LogP contribution in [0, 0.1) is 0 Å². The molecule has 0 rings (SSSR count). The number of carbonyl (C=O) groups excluding carboxylic acids is 1. The van der Waals surface area contributed by atoms with Gasteiger partial charge in [-0.05, 0) is 26.3 Å². The lowest BCUT2D eigenvalue weighted by atomic mass is 10.1. The van der Waals surface area contributed by atoms with Crippen LogP contribution < -0.4 is 0 Å². The molecular formula is C12H16Cl2O2. The molecule has 16 heavy (non-hydrogen) atoms. The minimum atomic E-state index is -0.430. The van der Waals surface area contributed by atoms with E-state index in [2.05, 4.69) is 6.58 Å². The van der Waals surface area contributed by atoms with Gasteiger partial charge in [0.15, 0.2) is 0 Å². The second-order valence-corrected chi connectivity index (χ2v) is 4.06. The van der Waals surface area contributed by atoms with Crippen LogP contribution in [0.15, 0.2) is 33.9 Å². The van der Waals surface area contributed by atoms with Crippen LogP contribution in [0.5, 0.6) is 0 Å². The maximum absolute atomic E-state index is 11.7. The van der Waals surface area contributed by atoms with Crippen molar-refractivity contribution in [3.8, 4) is 0 Å². The zero-order chi connectivity index (χ0) is 12.7. The van der Waals surface area contributed by atoms with Crippen molar-refractivity contribution in [2.75, 3.05) is 6.61 Å². The first kappa shape index (κ1) is 15.3. The fourth-order valence-corrected chi connectivity index (χ4v) is 1.60. The quantitative estimate of drug-likeness (QED) is 0.423. The van der Waals surface area contributed by atoms with Gasteiger partial charge in [-0.1, -0.05) is 42.3 Å². The Kier molecular flexibility index (Phi) is 7.18. The van der Waals surface area contributed by atoms with Crippen LogP contribution in [0.1, 0.15) is 27.2 Å². The Hall–Kier alpha value is -0.730. The summed E-state index contributed by atoms with van der Waals surface area (Å²) in [6, 6.07) is 0. The van der Waals surface area contributed by atoms with E-state index in [4.69, 9.17) is 27.9 Å². The predicted molar refractivity (Wildman–Crippen MR) is 68.6 cm³/mol. The van der Waals surface area contributed by atoms with Gasteiger partial charge in [-0.3, -0.25) is 0 Å². The Balaban J connectivity index is 5.28. The minimum absolute atomic E-state index is 0.262. The molecule has 0 saturated heterocycles. The van der Waals surface area contributed by atoms with Gasteiger partial charge in [0.2, 0.25) is 0 Å². The van der Waals surface area contributed by atoms with E-state index in [1.807, 2.05) is 13.8 Å². The van der Waals surface area contributed by atoms with E-state index < -0.39 is 5.97 Å². The molecule has 0 aliphatic heterocycles. The number of halogens is 2. The maximum Gasteiger partial charge on any atom is 0.339 e. The van der Waals surface area contributed by atoms with E-state index in [9.17, 15) is 4.79 Å². The van der Waals surface area contributed by atoms with Crippen molar-refractivity contribution in [2.24, 2.45) is 0 Å².